The van der Waals surface area contributed by atoms with Gasteiger partial charge in [0.15, 0.2) is 0 Å². The maximum atomic E-state index is 11.0. The van der Waals surface area contributed by atoms with Crippen molar-refractivity contribution in [3.8, 4) is 0 Å². The first-order valence-electron chi connectivity index (χ1n) is 5.66. The number of nitrogens with zero attached hydrogens (tertiary/aromatic N) is 2. The third-order valence-corrected chi connectivity index (χ3v) is 2.42. The van der Waals surface area contributed by atoms with E-state index in [0.29, 0.717) is 0 Å². The van der Waals surface area contributed by atoms with Gasteiger partial charge in [-0.3, -0.25) is 24.2 Å². The van der Waals surface area contributed by atoms with Gasteiger partial charge < -0.3 is 19.6 Å². The number of halogens is 1. The average molecular weight is 433 g/mol. The van der Waals surface area contributed by atoms with E-state index in [9.17, 15) is 19.2 Å². The molecule has 3 N–H and O–H groups in total. The first-order valence-corrected chi connectivity index (χ1v) is 5.97. The number of carboxylic acid groups (broad SMARTS) is 3. The van der Waals surface area contributed by atoms with Gasteiger partial charge in [0.2, 0.25) is 0 Å². The van der Waals surface area contributed by atoms with Crippen molar-refractivity contribution in [2.45, 2.75) is 0 Å². The zero-order valence-corrected chi connectivity index (χ0v) is 13.5. The summed E-state index contributed by atoms with van der Waals surface area (Å²) in [7, 11) is 0. The molecule has 12 heteroatoms. The molecule has 0 radical (unpaired) electrons. The summed E-state index contributed by atoms with van der Waals surface area (Å²) in [6, 6.07) is 0. The van der Waals surface area contributed by atoms with Gasteiger partial charge in [-0.15, -0.1) is 0 Å². The van der Waals surface area contributed by atoms with Crippen molar-refractivity contribution in [3.05, 3.63) is 0 Å². The van der Waals surface area contributed by atoms with E-state index in [4.69, 9.17) is 27.2 Å². The van der Waals surface area contributed by atoms with E-state index in [1.54, 1.807) is 0 Å². The minimum Gasteiger partial charge on any atom is -0.480 e. The fraction of sp³-hybridized carbons (Fsp3) is 0.600. The number of rotatable bonds is 11. The smallest absolute Gasteiger partial charge is 0.338 e. The summed E-state index contributed by atoms with van der Waals surface area (Å²) in [6.07, 6.45) is 0. The van der Waals surface area contributed by atoms with Crippen LogP contribution in [0.25, 0.3) is 0 Å². The van der Waals surface area contributed by atoms with Crippen LogP contribution in [0.4, 0.5) is 0 Å². The molecule has 0 saturated heterocycles. The predicted molar refractivity (Wildman–Crippen MR) is 67.7 cm³/mol. The van der Waals surface area contributed by atoms with Crippen LogP contribution in [0.15, 0.2) is 0 Å². The van der Waals surface area contributed by atoms with E-state index in [2.05, 4.69) is 4.29 Å². The molecule has 10 nitrogen and oxygen atoms in total. The largest absolute Gasteiger partial charge is 0.480 e. The van der Waals surface area contributed by atoms with Gasteiger partial charge in [0.05, 0.1) is 26.2 Å². The predicted octanol–water partition coefficient (Wildman–Crippen LogP) is -1.46. The van der Waals surface area contributed by atoms with E-state index in [0.717, 1.165) is 9.80 Å². The van der Waals surface area contributed by atoms with Crippen molar-refractivity contribution < 1.29 is 59.2 Å². The summed E-state index contributed by atoms with van der Waals surface area (Å²) in [6.45, 7) is -2.05. The molecule has 0 atom stereocenters. The quantitative estimate of drug-likeness (QED) is 0.331. The van der Waals surface area contributed by atoms with Crippen LogP contribution in [0.3, 0.4) is 0 Å². The van der Waals surface area contributed by atoms with Gasteiger partial charge in [0.1, 0.15) is 11.9 Å². The molecule has 0 saturated carbocycles. The van der Waals surface area contributed by atoms with Gasteiger partial charge in [-0.25, -0.2) is 4.79 Å². The molecule has 0 aromatic carbocycles. The van der Waals surface area contributed by atoms with Crippen LogP contribution >= 0.6 is 11.9 Å². The zero-order valence-electron chi connectivity index (χ0n) is 11.2. The fourth-order valence-electron chi connectivity index (χ4n) is 1.49. The van der Waals surface area contributed by atoms with E-state index in [-0.39, 0.29) is 33.5 Å². The molecule has 0 fully saturated rings. The maximum absolute atomic E-state index is 11.0. The molecule has 0 amide bonds. The number of carbonyl (C=O) groups excluding carboxylic acids is 1. The Kier molecular flexibility index (Phi) is 12.9. The summed E-state index contributed by atoms with van der Waals surface area (Å²) in [5, 5.41) is 26.0. The zero-order chi connectivity index (χ0) is 16.4. The molecule has 0 spiro atoms. The van der Waals surface area contributed by atoms with Crippen LogP contribution in [0.2, 0.25) is 0 Å². The van der Waals surface area contributed by atoms with Gasteiger partial charge in [0.25, 0.3) is 0 Å². The van der Waals surface area contributed by atoms with E-state index in [1.165, 1.54) is 0 Å². The van der Waals surface area contributed by atoms with Crippen LogP contribution in [-0.2, 0) is 43.9 Å². The molecule has 0 unspecified atom stereocenters. The summed E-state index contributed by atoms with van der Waals surface area (Å²) in [5.74, 6) is -4.52. The average Bonchev–Trinajstić information content (AvgIpc) is 2.33. The Morgan fingerprint density at radius 2 is 1.09 bits per heavy atom. The molecular formula is C10H15ClN2O8Pd. The molecule has 0 aliphatic heterocycles. The summed E-state index contributed by atoms with van der Waals surface area (Å²) in [5.41, 5.74) is 0. The third-order valence-electron chi connectivity index (χ3n) is 2.25. The number of hydrogen-bond acceptors (Lipinski definition) is 7. The van der Waals surface area contributed by atoms with Crippen molar-refractivity contribution in [2.24, 2.45) is 0 Å². The van der Waals surface area contributed by atoms with Crippen molar-refractivity contribution in [2.75, 3.05) is 39.3 Å². The number of carbonyl (C=O) groups is 4. The van der Waals surface area contributed by atoms with Crippen LogP contribution in [0, 0.1) is 0 Å². The molecule has 0 aliphatic carbocycles. The first kappa shape index (κ1) is 23.0. The Balaban J connectivity index is 0. The Morgan fingerprint density at radius 3 is 1.36 bits per heavy atom. The molecule has 0 aliphatic rings. The van der Waals surface area contributed by atoms with Gasteiger partial charge in [-0.1, -0.05) is 0 Å². The van der Waals surface area contributed by atoms with E-state index in [1.807, 2.05) is 0 Å². The number of aliphatic carboxylic acids is 3. The second kappa shape index (κ2) is 12.3. The van der Waals surface area contributed by atoms with Crippen molar-refractivity contribution in [3.63, 3.8) is 0 Å². The summed E-state index contributed by atoms with van der Waals surface area (Å²) >= 11 is 4.84. The van der Waals surface area contributed by atoms with E-state index >= 15 is 0 Å². The minimum absolute atomic E-state index is 0. The van der Waals surface area contributed by atoms with Gasteiger partial charge in [-0.2, -0.15) is 0 Å². The molecule has 0 aromatic rings. The number of hydrogen-bond donors (Lipinski definition) is 3. The van der Waals surface area contributed by atoms with Crippen LogP contribution in [0.1, 0.15) is 0 Å². The van der Waals surface area contributed by atoms with Crippen molar-refractivity contribution >= 4 is 35.7 Å². The molecule has 130 valence electrons. The topological polar surface area (TPSA) is 145 Å². The molecule has 0 aromatic heterocycles. The first-order chi connectivity index (χ1) is 9.74. The van der Waals surface area contributed by atoms with E-state index < -0.39 is 50.1 Å². The second-order valence-corrected chi connectivity index (χ2v) is 4.21. The maximum Gasteiger partial charge on any atom is 0.338 e. The van der Waals surface area contributed by atoms with Gasteiger partial charge >= 0.3 is 23.9 Å². The van der Waals surface area contributed by atoms with Crippen LogP contribution in [-0.4, -0.2) is 88.3 Å². The Morgan fingerprint density at radius 1 is 0.773 bits per heavy atom. The third kappa shape index (κ3) is 12.5. The normalized spacial score (nSPS) is 10.1. The molecule has 0 heterocycles. The Labute approximate surface area is 144 Å². The fourth-order valence-corrected chi connectivity index (χ4v) is 1.54. The molecule has 0 bridgehead atoms. The number of carboxylic acids is 3. The molecular weight excluding hydrogens is 418 g/mol. The SMILES string of the molecule is O=C(O)CN(CCN(CC(=O)O)CC(=O)OCl)CC(=O)O.[Pd]. The monoisotopic (exact) mass is 432 g/mol. The molecule has 22 heavy (non-hydrogen) atoms. The van der Waals surface area contributed by atoms with Crippen molar-refractivity contribution in [1.82, 2.24) is 9.80 Å². The summed E-state index contributed by atoms with van der Waals surface area (Å²) < 4.78 is 3.90. The van der Waals surface area contributed by atoms with Crippen molar-refractivity contribution in [1.29, 1.82) is 0 Å². The standard InChI is InChI=1S/C10H15ClN2O8.Pd/c11-21-10(20)6-13(5-9(18)19)2-1-12(3-7(14)15)4-8(16)17;/h1-6H2,(H,14,15)(H,16,17)(H,18,19);. The van der Waals surface area contributed by atoms with Crippen LogP contribution in [0.5, 0.6) is 0 Å². The van der Waals surface area contributed by atoms with Gasteiger partial charge in [-0.05, 0) is 0 Å². The second-order valence-electron chi connectivity index (χ2n) is 4.05. The van der Waals surface area contributed by atoms with Crippen LogP contribution < -0.4 is 0 Å². The minimum atomic E-state index is -1.22. The van der Waals surface area contributed by atoms with Gasteiger partial charge in [0, 0.05) is 33.5 Å². The molecule has 0 rings (SSSR count). The Hall–Kier alpha value is -1.25. The summed E-state index contributed by atoms with van der Waals surface area (Å²) in [4.78, 5) is 45.1. The Bertz CT molecular complexity index is 392.